The van der Waals surface area contributed by atoms with Crippen LogP contribution in [0.4, 0.5) is 0 Å². The van der Waals surface area contributed by atoms with Crippen LogP contribution in [0, 0.1) is 10.5 Å². The van der Waals surface area contributed by atoms with Gasteiger partial charge in [0.1, 0.15) is 0 Å². The zero-order chi connectivity index (χ0) is 15.4. The van der Waals surface area contributed by atoms with Gasteiger partial charge < -0.3 is 5.32 Å². The van der Waals surface area contributed by atoms with E-state index >= 15 is 0 Å². The van der Waals surface area contributed by atoms with Crippen LogP contribution in [0.25, 0.3) is 0 Å². The van der Waals surface area contributed by atoms with Crippen molar-refractivity contribution in [3.05, 3.63) is 66.7 Å². The lowest BCUT2D eigenvalue weighted by Gasteiger charge is -2.22. The van der Waals surface area contributed by atoms with E-state index in [0.29, 0.717) is 0 Å². The third-order valence-corrected chi connectivity index (χ3v) is 5.70. The fourth-order valence-corrected chi connectivity index (χ4v) is 3.70. The Labute approximate surface area is 150 Å². The van der Waals surface area contributed by atoms with Crippen molar-refractivity contribution < 1.29 is 0 Å². The van der Waals surface area contributed by atoms with Crippen LogP contribution in [0.2, 0.25) is 10.0 Å². The zero-order valence-corrected chi connectivity index (χ0v) is 15.8. The molecule has 0 saturated heterocycles. The van der Waals surface area contributed by atoms with Crippen molar-refractivity contribution in [2.24, 2.45) is 0 Å². The van der Waals surface area contributed by atoms with Crippen LogP contribution in [-0.4, -0.2) is 6.54 Å². The molecule has 21 heavy (non-hydrogen) atoms. The summed E-state index contributed by atoms with van der Waals surface area (Å²) >= 11 is 15.1. The molecule has 0 heterocycles. The Hall–Kier alpha value is -0.290. The first-order valence-corrected chi connectivity index (χ1v) is 8.79. The van der Waals surface area contributed by atoms with Crippen LogP contribution >= 0.6 is 45.8 Å². The Kier molecular flexibility index (Phi) is 6.35. The maximum absolute atomic E-state index is 6.32. The quantitative estimate of drug-likeness (QED) is 0.587. The van der Waals surface area contributed by atoms with Gasteiger partial charge in [-0.2, -0.15) is 0 Å². The lowest BCUT2D eigenvalue weighted by Crippen LogP contribution is -2.24. The normalized spacial score (nSPS) is 12.4. The number of likely N-dealkylation sites (N-methyl/N-ethyl adjacent to an activating group) is 1. The van der Waals surface area contributed by atoms with Gasteiger partial charge in [0.2, 0.25) is 0 Å². The molecule has 2 aromatic carbocycles. The summed E-state index contributed by atoms with van der Waals surface area (Å²) < 4.78 is 1.30. The van der Waals surface area contributed by atoms with Gasteiger partial charge in [-0.3, -0.25) is 0 Å². The first-order valence-electron chi connectivity index (χ1n) is 6.95. The number of halogens is 3. The molecule has 4 heteroatoms. The molecule has 0 aliphatic heterocycles. The van der Waals surface area contributed by atoms with Crippen molar-refractivity contribution in [2.75, 3.05) is 6.54 Å². The van der Waals surface area contributed by atoms with Crippen molar-refractivity contribution in [1.29, 1.82) is 0 Å². The summed E-state index contributed by atoms with van der Waals surface area (Å²) in [5.41, 5.74) is 3.60. The molecular formula is C17H18Cl2IN. The average molecular weight is 434 g/mol. The highest BCUT2D eigenvalue weighted by Crippen LogP contribution is 2.31. The first kappa shape index (κ1) is 17.1. The molecule has 0 aliphatic carbocycles. The molecule has 1 atom stereocenters. The summed E-state index contributed by atoms with van der Waals surface area (Å²) in [5.74, 6) is 0. The summed E-state index contributed by atoms with van der Waals surface area (Å²) in [6.07, 6.45) is 0.784. The van der Waals surface area contributed by atoms with Crippen molar-refractivity contribution in [3.8, 4) is 0 Å². The minimum atomic E-state index is 0.208. The van der Waals surface area contributed by atoms with Gasteiger partial charge in [0, 0.05) is 19.7 Å². The van der Waals surface area contributed by atoms with Crippen LogP contribution in [-0.2, 0) is 6.42 Å². The molecule has 0 aliphatic rings. The van der Waals surface area contributed by atoms with Crippen molar-refractivity contribution in [2.45, 2.75) is 26.3 Å². The second-order valence-corrected chi connectivity index (χ2v) is 6.89. The molecule has 1 unspecified atom stereocenters. The smallest absolute Gasteiger partial charge is 0.0453 e. The number of rotatable bonds is 5. The predicted molar refractivity (Wildman–Crippen MR) is 100 cm³/mol. The summed E-state index contributed by atoms with van der Waals surface area (Å²) in [5, 5.41) is 5.01. The summed E-state index contributed by atoms with van der Waals surface area (Å²) in [6.45, 7) is 5.15. The SMILES string of the molecule is CCNC(Cc1c(Cl)cccc1Cl)c1cccc(C)c1I. The van der Waals surface area contributed by atoms with Gasteiger partial charge in [-0.05, 0) is 71.3 Å². The van der Waals surface area contributed by atoms with Gasteiger partial charge in [-0.15, -0.1) is 0 Å². The fourth-order valence-electron chi connectivity index (χ4n) is 2.41. The molecule has 0 amide bonds. The standard InChI is InChI=1S/C17H18Cl2IN/c1-3-21-16(12-7-4-6-11(2)17(12)20)10-13-14(18)8-5-9-15(13)19/h4-9,16,21H,3,10H2,1-2H3. The number of aryl methyl sites for hydroxylation is 1. The van der Waals surface area contributed by atoms with Crippen LogP contribution < -0.4 is 5.32 Å². The number of hydrogen-bond acceptors (Lipinski definition) is 1. The number of nitrogens with one attached hydrogen (secondary N) is 1. The average Bonchev–Trinajstić information content (AvgIpc) is 2.45. The van der Waals surface area contributed by atoms with E-state index < -0.39 is 0 Å². The Balaban J connectivity index is 2.38. The van der Waals surface area contributed by atoms with E-state index in [9.17, 15) is 0 Å². The Morgan fingerprint density at radius 3 is 2.33 bits per heavy atom. The molecule has 2 rings (SSSR count). The van der Waals surface area contributed by atoms with Crippen molar-refractivity contribution in [3.63, 3.8) is 0 Å². The molecule has 0 radical (unpaired) electrons. The molecule has 0 bridgehead atoms. The van der Waals surface area contributed by atoms with E-state index in [4.69, 9.17) is 23.2 Å². The molecule has 0 saturated carbocycles. The highest BCUT2D eigenvalue weighted by molar-refractivity contribution is 14.1. The van der Waals surface area contributed by atoms with Gasteiger partial charge in [0.05, 0.1) is 0 Å². The minimum Gasteiger partial charge on any atom is -0.310 e. The largest absolute Gasteiger partial charge is 0.310 e. The highest BCUT2D eigenvalue weighted by atomic mass is 127. The second-order valence-electron chi connectivity index (χ2n) is 4.99. The van der Waals surface area contributed by atoms with Crippen LogP contribution in [0.5, 0.6) is 0 Å². The molecule has 1 N–H and O–H groups in total. The molecule has 1 nitrogen and oxygen atoms in total. The Morgan fingerprint density at radius 1 is 1.10 bits per heavy atom. The maximum Gasteiger partial charge on any atom is 0.0453 e. The highest BCUT2D eigenvalue weighted by Gasteiger charge is 2.18. The van der Waals surface area contributed by atoms with Gasteiger partial charge in [0.15, 0.2) is 0 Å². The Morgan fingerprint density at radius 2 is 1.71 bits per heavy atom. The van der Waals surface area contributed by atoms with Gasteiger partial charge >= 0.3 is 0 Å². The first-order chi connectivity index (χ1) is 10.0. The summed E-state index contributed by atoms with van der Waals surface area (Å²) in [4.78, 5) is 0. The van der Waals surface area contributed by atoms with Crippen LogP contribution in [0.15, 0.2) is 36.4 Å². The van der Waals surface area contributed by atoms with Crippen molar-refractivity contribution >= 4 is 45.8 Å². The summed E-state index contributed by atoms with van der Waals surface area (Å²) in [6, 6.07) is 12.3. The van der Waals surface area contributed by atoms with Crippen LogP contribution in [0.1, 0.15) is 29.7 Å². The van der Waals surface area contributed by atoms with Crippen LogP contribution in [0.3, 0.4) is 0 Å². The molecule has 0 aromatic heterocycles. The lowest BCUT2D eigenvalue weighted by molar-refractivity contribution is 0.547. The van der Waals surface area contributed by atoms with E-state index in [1.807, 2.05) is 18.2 Å². The molecule has 112 valence electrons. The van der Waals surface area contributed by atoms with Crippen molar-refractivity contribution in [1.82, 2.24) is 5.32 Å². The molecular weight excluding hydrogens is 416 g/mol. The van der Waals surface area contributed by atoms with Gasteiger partial charge in [0.25, 0.3) is 0 Å². The van der Waals surface area contributed by atoms with Gasteiger partial charge in [-0.25, -0.2) is 0 Å². The predicted octanol–water partition coefficient (Wildman–Crippen LogP) is 5.80. The number of benzene rings is 2. The fraction of sp³-hybridized carbons (Fsp3) is 0.294. The zero-order valence-electron chi connectivity index (χ0n) is 12.1. The van der Waals surface area contributed by atoms with E-state index in [1.54, 1.807) is 0 Å². The topological polar surface area (TPSA) is 12.0 Å². The van der Waals surface area contributed by atoms with Gasteiger partial charge in [-0.1, -0.05) is 54.4 Å². The van der Waals surface area contributed by atoms with E-state index in [2.05, 4.69) is 60.0 Å². The third kappa shape index (κ3) is 4.13. The monoisotopic (exact) mass is 433 g/mol. The third-order valence-electron chi connectivity index (χ3n) is 3.52. The second kappa shape index (κ2) is 7.82. The van der Waals surface area contributed by atoms with E-state index in [-0.39, 0.29) is 6.04 Å². The maximum atomic E-state index is 6.32. The molecule has 2 aromatic rings. The molecule has 0 fully saturated rings. The number of hydrogen-bond donors (Lipinski definition) is 1. The minimum absolute atomic E-state index is 0.208. The summed E-state index contributed by atoms with van der Waals surface area (Å²) in [7, 11) is 0. The lowest BCUT2D eigenvalue weighted by atomic mass is 9.97. The van der Waals surface area contributed by atoms with E-state index in [0.717, 1.165) is 28.6 Å². The Bertz CT molecular complexity index is 608. The molecule has 0 spiro atoms. The van der Waals surface area contributed by atoms with E-state index in [1.165, 1.54) is 14.7 Å².